The zero-order valence-electron chi connectivity index (χ0n) is 13.1. The molecule has 1 aliphatic rings. The number of methoxy groups -OCH3 is 2. The first-order valence-corrected chi connectivity index (χ1v) is 7.57. The average molecular weight is 290 g/mol. The molecule has 0 aromatic heterocycles. The number of allylic oxidation sites excluding steroid dienone is 1. The van der Waals surface area contributed by atoms with Crippen LogP contribution in [0.1, 0.15) is 24.4 Å². The van der Waals surface area contributed by atoms with Crippen molar-refractivity contribution in [2.75, 3.05) is 40.4 Å². The van der Waals surface area contributed by atoms with Gasteiger partial charge in [0.2, 0.25) is 0 Å². The van der Waals surface area contributed by atoms with Crippen LogP contribution in [0.4, 0.5) is 0 Å². The fourth-order valence-corrected chi connectivity index (χ4v) is 2.90. The maximum atomic E-state index is 5.59. The van der Waals surface area contributed by atoms with Gasteiger partial charge in [0.05, 0.1) is 14.2 Å². The van der Waals surface area contributed by atoms with E-state index in [0.717, 1.165) is 50.5 Å². The highest BCUT2D eigenvalue weighted by Crippen LogP contribution is 2.35. The molecule has 1 aromatic rings. The predicted molar refractivity (Wildman–Crippen MR) is 86.2 cm³/mol. The number of hydrogen-bond acceptors (Lipinski definition) is 4. The molecule has 1 atom stereocenters. The number of nitrogens with one attached hydrogen (secondary N) is 1. The lowest BCUT2D eigenvalue weighted by Gasteiger charge is -2.35. The van der Waals surface area contributed by atoms with Gasteiger partial charge in [-0.2, -0.15) is 0 Å². The fraction of sp³-hybridized carbons (Fsp3) is 0.529. The first kappa shape index (κ1) is 15.9. The molecule has 0 radical (unpaired) electrons. The van der Waals surface area contributed by atoms with Crippen LogP contribution in [0.15, 0.2) is 30.9 Å². The summed E-state index contributed by atoms with van der Waals surface area (Å²) >= 11 is 0. The summed E-state index contributed by atoms with van der Waals surface area (Å²) < 4.78 is 10.9. The zero-order chi connectivity index (χ0) is 15.1. The van der Waals surface area contributed by atoms with Crippen molar-refractivity contribution in [1.82, 2.24) is 10.2 Å². The molecule has 0 saturated carbocycles. The Kier molecular flexibility index (Phi) is 6.08. The largest absolute Gasteiger partial charge is 0.497 e. The molecular formula is C17H26N2O2. The zero-order valence-corrected chi connectivity index (χ0v) is 13.1. The fourth-order valence-electron chi connectivity index (χ4n) is 2.90. The van der Waals surface area contributed by atoms with Gasteiger partial charge in [0, 0.05) is 43.9 Å². The molecule has 1 N–H and O–H groups in total. The van der Waals surface area contributed by atoms with E-state index in [1.54, 1.807) is 14.2 Å². The molecule has 0 unspecified atom stereocenters. The lowest BCUT2D eigenvalue weighted by Crippen LogP contribution is -2.45. The Morgan fingerprint density at radius 1 is 1.29 bits per heavy atom. The van der Waals surface area contributed by atoms with Crippen LogP contribution in [-0.2, 0) is 0 Å². The molecular weight excluding hydrogens is 264 g/mol. The molecule has 1 saturated heterocycles. The minimum atomic E-state index is 0.367. The van der Waals surface area contributed by atoms with E-state index >= 15 is 0 Å². The van der Waals surface area contributed by atoms with E-state index in [-0.39, 0.29) is 0 Å². The first-order chi connectivity index (χ1) is 10.3. The number of rotatable bonds is 7. The van der Waals surface area contributed by atoms with Gasteiger partial charge in [-0.15, -0.1) is 6.58 Å². The van der Waals surface area contributed by atoms with E-state index in [1.165, 1.54) is 5.56 Å². The van der Waals surface area contributed by atoms with Gasteiger partial charge in [-0.1, -0.05) is 12.1 Å². The lowest BCUT2D eigenvalue weighted by molar-refractivity contribution is 0.163. The van der Waals surface area contributed by atoms with Crippen molar-refractivity contribution in [3.05, 3.63) is 36.4 Å². The predicted octanol–water partition coefficient (Wildman–Crippen LogP) is 2.62. The molecule has 0 bridgehead atoms. The third-order valence-corrected chi connectivity index (χ3v) is 4.04. The van der Waals surface area contributed by atoms with Gasteiger partial charge in [0.15, 0.2) is 0 Å². The van der Waals surface area contributed by atoms with Gasteiger partial charge in [0.25, 0.3) is 0 Å². The van der Waals surface area contributed by atoms with Gasteiger partial charge in [-0.3, -0.25) is 4.90 Å². The lowest BCUT2D eigenvalue weighted by atomic mass is 9.98. The molecule has 1 heterocycles. The smallest absolute Gasteiger partial charge is 0.127 e. The number of benzene rings is 1. The van der Waals surface area contributed by atoms with Crippen LogP contribution in [0.3, 0.4) is 0 Å². The summed E-state index contributed by atoms with van der Waals surface area (Å²) in [4.78, 5) is 2.53. The second-order valence-electron chi connectivity index (χ2n) is 5.28. The van der Waals surface area contributed by atoms with Crippen molar-refractivity contribution in [1.29, 1.82) is 0 Å². The Morgan fingerprint density at radius 3 is 2.67 bits per heavy atom. The topological polar surface area (TPSA) is 33.7 Å². The molecule has 4 nitrogen and oxygen atoms in total. The Balaban J connectivity index is 2.27. The minimum Gasteiger partial charge on any atom is -0.497 e. The van der Waals surface area contributed by atoms with Gasteiger partial charge in [-0.25, -0.2) is 0 Å². The highest BCUT2D eigenvalue weighted by Gasteiger charge is 2.24. The number of ether oxygens (including phenoxy) is 2. The van der Waals surface area contributed by atoms with E-state index in [4.69, 9.17) is 9.47 Å². The molecule has 0 spiro atoms. The third kappa shape index (κ3) is 3.99. The Morgan fingerprint density at radius 2 is 2.05 bits per heavy atom. The molecule has 2 rings (SSSR count). The van der Waals surface area contributed by atoms with Gasteiger partial charge in [-0.05, 0) is 18.9 Å². The SMILES string of the molecule is C=CCC[C@H](c1ccc(OC)cc1OC)N1CCNCC1. The summed E-state index contributed by atoms with van der Waals surface area (Å²) in [6.07, 6.45) is 4.06. The number of hydrogen-bond donors (Lipinski definition) is 1. The van der Waals surface area contributed by atoms with Crippen molar-refractivity contribution >= 4 is 0 Å². The van der Waals surface area contributed by atoms with E-state index in [1.807, 2.05) is 18.2 Å². The average Bonchev–Trinajstić information content (AvgIpc) is 2.56. The first-order valence-electron chi connectivity index (χ1n) is 7.57. The minimum absolute atomic E-state index is 0.367. The molecule has 1 fully saturated rings. The van der Waals surface area contributed by atoms with E-state index in [0.29, 0.717) is 6.04 Å². The monoisotopic (exact) mass is 290 g/mol. The van der Waals surface area contributed by atoms with Gasteiger partial charge in [0.1, 0.15) is 11.5 Å². The second kappa shape index (κ2) is 8.05. The molecule has 1 aromatic carbocycles. The van der Waals surface area contributed by atoms with Crippen LogP contribution in [-0.4, -0.2) is 45.3 Å². The summed E-state index contributed by atoms with van der Waals surface area (Å²) in [6, 6.07) is 6.48. The highest BCUT2D eigenvalue weighted by molar-refractivity contribution is 5.42. The molecule has 1 aliphatic heterocycles. The van der Waals surface area contributed by atoms with E-state index < -0.39 is 0 Å². The molecule has 116 valence electrons. The van der Waals surface area contributed by atoms with Crippen molar-refractivity contribution in [2.45, 2.75) is 18.9 Å². The van der Waals surface area contributed by atoms with Crippen LogP contribution in [0.5, 0.6) is 11.5 Å². The molecule has 21 heavy (non-hydrogen) atoms. The standard InChI is InChI=1S/C17H26N2O2/c1-4-5-6-16(19-11-9-18-10-12-19)15-8-7-14(20-2)13-17(15)21-3/h4,7-8,13,16,18H,1,5-6,9-12H2,2-3H3/t16-/m1/s1. The normalized spacial score (nSPS) is 17.2. The number of piperazine rings is 1. The second-order valence-corrected chi connectivity index (χ2v) is 5.28. The summed E-state index contributed by atoms with van der Waals surface area (Å²) in [5.74, 6) is 1.74. The van der Waals surface area contributed by atoms with Crippen LogP contribution in [0.2, 0.25) is 0 Å². The summed E-state index contributed by atoms with van der Waals surface area (Å²) in [6.45, 7) is 8.08. The van der Waals surface area contributed by atoms with Crippen LogP contribution >= 0.6 is 0 Å². The summed E-state index contributed by atoms with van der Waals surface area (Å²) in [5.41, 5.74) is 1.24. The van der Waals surface area contributed by atoms with Gasteiger partial charge < -0.3 is 14.8 Å². The van der Waals surface area contributed by atoms with Crippen LogP contribution in [0.25, 0.3) is 0 Å². The van der Waals surface area contributed by atoms with Crippen molar-refractivity contribution in [3.63, 3.8) is 0 Å². The van der Waals surface area contributed by atoms with E-state index in [9.17, 15) is 0 Å². The van der Waals surface area contributed by atoms with Crippen molar-refractivity contribution < 1.29 is 9.47 Å². The van der Waals surface area contributed by atoms with Crippen molar-refractivity contribution in [3.8, 4) is 11.5 Å². The van der Waals surface area contributed by atoms with Crippen LogP contribution in [0, 0.1) is 0 Å². The Labute approximate surface area is 127 Å². The quantitative estimate of drug-likeness (QED) is 0.783. The Hall–Kier alpha value is -1.52. The third-order valence-electron chi connectivity index (χ3n) is 4.04. The Bertz CT molecular complexity index is 456. The van der Waals surface area contributed by atoms with E-state index in [2.05, 4.69) is 22.9 Å². The highest BCUT2D eigenvalue weighted by atomic mass is 16.5. The molecule has 0 amide bonds. The maximum absolute atomic E-state index is 5.59. The summed E-state index contributed by atoms with van der Waals surface area (Å²) in [7, 11) is 3.40. The maximum Gasteiger partial charge on any atom is 0.127 e. The molecule has 4 heteroatoms. The van der Waals surface area contributed by atoms with Crippen LogP contribution < -0.4 is 14.8 Å². The number of nitrogens with zero attached hydrogens (tertiary/aromatic N) is 1. The molecule has 0 aliphatic carbocycles. The van der Waals surface area contributed by atoms with Crippen molar-refractivity contribution in [2.24, 2.45) is 0 Å². The van der Waals surface area contributed by atoms with Gasteiger partial charge >= 0.3 is 0 Å². The summed E-state index contributed by atoms with van der Waals surface area (Å²) in [5, 5.41) is 3.41.